The number of rotatable bonds is 4. The van der Waals surface area contributed by atoms with Crippen molar-refractivity contribution >= 4 is 11.8 Å². The van der Waals surface area contributed by atoms with Crippen molar-refractivity contribution in [1.29, 1.82) is 0 Å². The zero-order valence-electron chi connectivity index (χ0n) is 15.8. The first-order valence-corrected chi connectivity index (χ1v) is 9.39. The van der Waals surface area contributed by atoms with Gasteiger partial charge in [0, 0.05) is 24.6 Å². The van der Waals surface area contributed by atoms with Crippen molar-refractivity contribution in [2.75, 3.05) is 26.4 Å². The summed E-state index contributed by atoms with van der Waals surface area (Å²) in [4.78, 5) is 26.2. The number of nitrogens with zero attached hydrogens (tertiary/aromatic N) is 2. The second-order valence-corrected chi connectivity index (χ2v) is 7.13. The molecule has 1 aromatic carbocycles. The maximum absolute atomic E-state index is 12.7. The SMILES string of the molecule is O=C(NCC(F)(F)F)C1CCN(C(=O)c2cc(-c3ccc4c(c3)OCO4)n[nH]2)CC1. The minimum atomic E-state index is -4.44. The van der Waals surface area contributed by atoms with Crippen molar-refractivity contribution in [1.82, 2.24) is 20.4 Å². The number of carbonyl (C=O) groups excluding carboxylic acids is 2. The fourth-order valence-electron chi connectivity index (χ4n) is 3.48. The van der Waals surface area contributed by atoms with Crippen molar-refractivity contribution in [2.24, 2.45) is 5.92 Å². The smallest absolute Gasteiger partial charge is 0.405 e. The first-order chi connectivity index (χ1) is 14.3. The fraction of sp³-hybridized carbons (Fsp3) is 0.421. The van der Waals surface area contributed by atoms with Gasteiger partial charge in [0.25, 0.3) is 5.91 Å². The number of halogens is 3. The molecule has 1 saturated heterocycles. The topological polar surface area (TPSA) is 96.6 Å². The molecule has 2 aliphatic heterocycles. The molecule has 3 heterocycles. The molecule has 0 aliphatic carbocycles. The summed E-state index contributed by atoms with van der Waals surface area (Å²) in [5, 5.41) is 8.81. The van der Waals surface area contributed by atoms with E-state index in [1.54, 1.807) is 23.1 Å². The molecule has 0 bridgehead atoms. The van der Waals surface area contributed by atoms with Gasteiger partial charge in [-0.2, -0.15) is 18.3 Å². The summed E-state index contributed by atoms with van der Waals surface area (Å²) in [7, 11) is 0. The zero-order chi connectivity index (χ0) is 21.3. The number of nitrogens with one attached hydrogen (secondary N) is 2. The van der Waals surface area contributed by atoms with Crippen molar-refractivity contribution in [3.8, 4) is 22.8 Å². The average Bonchev–Trinajstić information content (AvgIpc) is 3.40. The van der Waals surface area contributed by atoms with E-state index in [1.165, 1.54) is 0 Å². The van der Waals surface area contributed by atoms with Crippen molar-refractivity contribution in [3.63, 3.8) is 0 Å². The monoisotopic (exact) mass is 424 g/mol. The Morgan fingerprint density at radius 2 is 1.90 bits per heavy atom. The molecule has 30 heavy (non-hydrogen) atoms. The van der Waals surface area contributed by atoms with Gasteiger partial charge in [-0.1, -0.05) is 0 Å². The van der Waals surface area contributed by atoms with Gasteiger partial charge in [0.15, 0.2) is 11.5 Å². The Morgan fingerprint density at radius 3 is 2.63 bits per heavy atom. The fourth-order valence-corrected chi connectivity index (χ4v) is 3.48. The van der Waals surface area contributed by atoms with Gasteiger partial charge >= 0.3 is 6.18 Å². The van der Waals surface area contributed by atoms with Crippen LogP contribution >= 0.6 is 0 Å². The third-order valence-corrected chi connectivity index (χ3v) is 5.09. The summed E-state index contributed by atoms with van der Waals surface area (Å²) in [5.41, 5.74) is 1.62. The number of hydrogen-bond donors (Lipinski definition) is 2. The summed E-state index contributed by atoms with van der Waals surface area (Å²) in [6.45, 7) is -0.627. The van der Waals surface area contributed by atoms with Crippen molar-refractivity contribution < 1.29 is 32.2 Å². The first-order valence-electron chi connectivity index (χ1n) is 9.39. The summed E-state index contributed by atoms with van der Waals surface area (Å²) >= 11 is 0. The molecule has 2 aromatic rings. The van der Waals surface area contributed by atoms with Crippen molar-refractivity contribution in [3.05, 3.63) is 30.0 Å². The third kappa shape index (κ3) is 4.34. The van der Waals surface area contributed by atoms with E-state index < -0.39 is 24.5 Å². The van der Waals surface area contributed by atoms with Crippen LogP contribution in [0.15, 0.2) is 24.3 Å². The number of alkyl halides is 3. The molecule has 8 nitrogen and oxygen atoms in total. The van der Waals surface area contributed by atoms with Gasteiger partial charge in [0.05, 0.1) is 5.69 Å². The van der Waals surface area contributed by atoms with E-state index in [4.69, 9.17) is 9.47 Å². The molecule has 4 rings (SSSR count). The second-order valence-electron chi connectivity index (χ2n) is 7.13. The van der Waals surface area contributed by atoms with Crippen LogP contribution in [0, 0.1) is 5.92 Å². The molecule has 0 saturated carbocycles. The Kier molecular flexibility index (Phi) is 5.27. The van der Waals surface area contributed by atoms with Gasteiger partial charge in [-0.3, -0.25) is 14.7 Å². The van der Waals surface area contributed by atoms with Crippen LogP contribution in [0.5, 0.6) is 11.5 Å². The number of hydrogen-bond acceptors (Lipinski definition) is 5. The Bertz CT molecular complexity index is 951. The standard InChI is InChI=1S/C19H19F3N4O4/c20-19(21,22)9-23-17(27)11-3-5-26(6-4-11)18(28)14-8-13(24-25-14)12-1-2-15-16(7-12)30-10-29-15/h1-2,7-8,11H,3-6,9-10H2,(H,23,27)(H,24,25). The molecule has 2 aliphatic rings. The molecule has 0 unspecified atom stereocenters. The average molecular weight is 424 g/mol. The summed E-state index contributed by atoms with van der Waals surface area (Å²) in [6.07, 6.45) is -3.83. The molecule has 160 valence electrons. The second kappa shape index (κ2) is 7.88. The summed E-state index contributed by atoms with van der Waals surface area (Å²) in [6, 6.07) is 6.98. The molecule has 2 N–H and O–H groups in total. The van der Waals surface area contributed by atoms with E-state index in [1.807, 2.05) is 11.4 Å². The number of piperidine rings is 1. The summed E-state index contributed by atoms with van der Waals surface area (Å²) < 4.78 is 47.3. The van der Waals surface area contributed by atoms with E-state index >= 15 is 0 Å². The number of aromatic amines is 1. The van der Waals surface area contributed by atoms with Crippen LogP contribution < -0.4 is 14.8 Å². The van der Waals surface area contributed by atoms with Crippen LogP contribution in [0.3, 0.4) is 0 Å². The van der Waals surface area contributed by atoms with E-state index in [0.717, 1.165) is 5.56 Å². The number of amides is 2. The lowest BCUT2D eigenvalue weighted by atomic mass is 9.95. The van der Waals surface area contributed by atoms with Crippen molar-refractivity contribution in [2.45, 2.75) is 19.0 Å². The highest BCUT2D eigenvalue weighted by Crippen LogP contribution is 2.35. The number of likely N-dealkylation sites (tertiary alicyclic amines) is 1. The Morgan fingerprint density at radius 1 is 1.17 bits per heavy atom. The van der Waals surface area contributed by atoms with E-state index in [9.17, 15) is 22.8 Å². The molecule has 0 spiro atoms. The minimum Gasteiger partial charge on any atom is -0.454 e. The summed E-state index contributed by atoms with van der Waals surface area (Å²) in [5.74, 6) is -0.195. The zero-order valence-corrected chi connectivity index (χ0v) is 15.8. The van der Waals surface area contributed by atoms with Crippen LogP contribution in [-0.4, -0.2) is 59.5 Å². The van der Waals surface area contributed by atoms with Crippen LogP contribution in [0.25, 0.3) is 11.3 Å². The lowest BCUT2D eigenvalue weighted by Gasteiger charge is -2.31. The molecule has 2 amide bonds. The minimum absolute atomic E-state index is 0.160. The van der Waals surface area contributed by atoms with Crippen LogP contribution in [-0.2, 0) is 4.79 Å². The Hall–Kier alpha value is -3.24. The number of fused-ring (bicyclic) bond motifs is 1. The largest absolute Gasteiger partial charge is 0.454 e. The van der Waals surface area contributed by atoms with Gasteiger partial charge < -0.3 is 19.7 Å². The van der Waals surface area contributed by atoms with E-state index in [-0.39, 0.29) is 25.8 Å². The first kappa shape index (κ1) is 20.0. The molecule has 1 aromatic heterocycles. The lowest BCUT2D eigenvalue weighted by molar-refractivity contribution is -0.141. The van der Waals surface area contributed by atoms with E-state index in [0.29, 0.717) is 35.7 Å². The molecule has 1 fully saturated rings. The predicted octanol–water partition coefficient (Wildman–Crippen LogP) is 2.34. The molecular weight excluding hydrogens is 405 g/mol. The van der Waals surface area contributed by atoms with Crippen LogP contribution in [0.1, 0.15) is 23.3 Å². The van der Waals surface area contributed by atoms with Gasteiger partial charge in [0.1, 0.15) is 12.2 Å². The maximum Gasteiger partial charge on any atom is 0.405 e. The van der Waals surface area contributed by atoms with Gasteiger partial charge in [-0.05, 0) is 37.1 Å². The normalized spacial score (nSPS) is 16.6. The highest BCUT2D eigenvalue weighted by atomic mass is 19.4. The molecule has 11 heteroatoms. The third-order valence-electron chi connectivity index (χ3n) is 5.09. The highest BCUT2D eigenvalue weighted by molar-refractivity contribution is 5.93. The number of benzene rings is 1. The lowest BCUT2D eigenvalue weighted by Crippen LogP contribution is -2.44. The highest BCUT2D eigenvalue weighted by Gasteiger charge is 2.32. The number of aromatic nitrogens is 2. The van der Waals surface area contributed by atoms with Crippen LogP contribution in [0.2, 0.25) is 0 Å². The van der Waals surface area contributed by atoms with E-state index in [2.05, 4.69) is 10.2 Å². The number of carbonyl (C=O) groups is 2. The van der Waals surface area contributed by atoms with Gasteiger partial charge in [-0.25, -0.2) is 0 Å². The number of ether oxygens (including phenoxy) is 2. The maximum atomic E-state index is 12.7. The molecule has 0 atom stereocenters. The number of H-pyrrole nitrogens is 1. The quantitative estimate of drug-likeness (QED) is 0.786. The predicted molar refractivity (Wildman–Crippen MR) is 97.8 cm³/mol. The van der Waals surface area contributed by atoms with Gasteiger partial charge in [0.2, 0.25) is 12.7 Å². The Labute approximate surface area is 169 Å². The van der Waals surface area contributed by atoms with Crippen LogP contribution in [0.4, 0.5) is 13.2 Å². The van der Waals surface area contributed by atoms with Gasteiger partial charge in [-0.15, -0.1) is 0 Å². The molecular formula is C19H19F3N4O4. The molecule has 0 radical (unpaired) electrons. The Balaban J connectivity index is 1.34.